The van der Waals surface area contributed by atoms with Gasteiger partial charge in [0.1, 0.15) is 5.82 Å². The fourth-order valence-corrected chi connectivity index (χ4v) is 2.76. The average Bonchev–Trinajstić information content (AvgIpc) is 2.92. The van der Waals surface area contributed by atoms with Gasteiger partial charge >= 0.3 is 0 Å². The summed E-state index contributed by atoms with van der Waals surface area (Å²) in [5.41, 5.74) is 6.65. The first kappa shape index (κ1) is 14.0. The largest absolute Gasteiger partial charge is 0.334 e. The molecule has 0 heterocycles. The molecule has 2 N–H and O–H groups in total. The monoisotopic (exact) mass is 264 g/mol. The molecule has 3 nitrogen and oxygen atoms in total. The quantitative estimate of drug-likeness (QED) is 0.908. The zero-order valence-electron chi connectivity index (χ0n) is 11.4. The van der Waals surface area contributed by atoms with Crippen LogP contribution in [0, 0.1) is 12.7 Å². The number of carbonyl (C=O) groups excluding carboxylic acids is 1. The third-order valence-corrected chi connectivity index (χ3v) is 3.75. The number of carbonyl (C=O) groups is 1. The van der Waals surface area contributed by atoms with Crippen LogP contribution in [0.4, 0.5) is 4.39 Å². The second kappa shape index (κ2) is 6.15. The molecule has 1 amide bonds. The number of rotatable bonds is 4. The summed E-state index contributed by atoms with van der Waals surface area (Å²) in [4.78, 5) is 14.3. The molecule has 0 unspecified atom stereocenters. The first-order valence-electron chi connectivity index (χ1n) is 6.90. The van der Waals surface area contributed by atoms with Crippen LogP contribution < -0.4 is 5.73 Å². The lowest BCUT2D eigenvalue weighted by atomic mass is 10.1. The molecule has 0 bridgehead atoms. The Morgan fingerprint density at radius 3 is 2.74 bits per heavy atom. The summed E-state index contributed by atoms with van der Waals surface area (Å²) in [5.74, 6) is -0.672. The first-order valence-corrected chi connectivity index (χ1v) is 6.90. The highest BCUT2D eigenvalue weighted by Crippen LogP contribution is 2.25. The molecule has 19 heavy (non-hydrogen) atoms. The number of amides is 1. The van der Waals surface area contributed by atoms with Crippen molar-refractivity contribution in [3.63, 3.8) is 0 Å². The fraction of sp³-hybridized carbons (Fsp3) is 0.533. The van der Waals surface area contributed by atoms with E-state index in [1.165, 1.54) is 6.07 Å². The van der Waals surface area contributed by atoms with E-state index in [0.29, 0.717) is 13.1 Å². The van der Waals surface area contributed by atoms with Gasteiger partial charge in [0.25, 0.3) is 5.91 Å². The summed E-state index contributed by atoms with van der Waals surface area (Å²) >= 11 is 0. The van der Waals surface area contributed by atoms with Crippen molar-refractivity contribution in [2.45, 2.75) is 38.6 Å². The van der Waals surface area contributed by atoms with Crippen molar-refractivity contribution in [3.8, 4) is 0 Å². The van der Waals surface area contributed by atoms with Crippen molar-refractivity contribution in [1.29, 1.82) is 0 Å². The van der Waals surface area contributed by atoms with Crippen LogP contribution in [0.25, 0.3) is 0 Å². The van der Waals surface area contributed by atoms with Crippen LogP contribution in [0.5, 0.6) is 0 Å². The molecule has 104 valence electrons. The number of hydrogen-bond acceptors (Lipinski definition) is 2. The van der Waals surface area contributed by atoms with Gasteiger partial charge in [0.15, 0.2) is 0 Å². The van der Waals surface area contributed by atoms with Crippen LogP contribution in [0.1, 0.15) is 41.6 Å². The molecule has 1 aliphatic carbocycles. The molecule has 0 spiro atoms. The van der Waals surface area contributed by atoms with Crippen LogP contribution in [0.2, 0.25) is 0 Å². The highest BCUT2D eigenvalue weighted by Gasteiger charge is 2.28. The molecule has 2 rings (SSSR count). The van der Waals surface area contributed by atoms with E-state index in [4.69, 9.17) is 5.73 Å². The molecule has 0 radical (unpaired) electrons. The van der Waals surface area contributed by atoms with Gasteiger partial charge in [-0.25, -0.2) is 4.39 Å². The number of hydrogen-bond donors (Lipinski definition) is 1. The maximum absolute atomic E-state index is 13.8. The lowest BCUT2D eigenvalue weighted by molar-refractivity contribution is 0.0683. The Morgan fingerprint density at radius 2 is 2.11 bits per heavy atom. The second-order valence-electron chi connectivity index (χ2n) is 5.21. The molecule has 4 heteroatoms. The third-order valence-electron chi connectivity index (χ3n) is 3.75. The molecule has 1 fully saturated rings. The highest BCUT2D eigenvalue weighted by atomic mass is 19.1. The van der Waals surface area contributed by atoms with Crippen molar-refractivity contribution >= 4 is 5.91 Å². The Hall–Kier alpha value is -1.42. The minimum Gasteiger partial charge on any atom is -0.334 e. The number of nitrogens with zero attached hydrogens (tertiary/aromatic N) is 1. The molecule has 0 atom stereocenters. The van der Waals surface area contributed by atoms with Crippen LogP contribution >= 0.6 is 0 Å². The maximum Gasteiger partial charge on any atom is 0.257 e. The van der Waals surface area contributed by atoms with E-state index in [2.05, 4.69) is 0 Å². The molecule has 0 saturated heterocycles. The lowest BCUT2D eigenvalue weighted by Crippen LogP contribution is -2.42. The summed E-state index contributed by atoms with van der Waals surface area (Å²) < 4.78 is 13.8. The lowest BCUT2D eigenvalue weighted by Gasteiger charge is -2.29. The minimum atomic E-state index is -0.449. The van der Waals surface area contributed by atoms with Crippen LogP contribution in [0.15, 0.2) is 18.2 Å². The van der Waals surface area contributed by atoms with Crippen molar-refractivity contribution in [2.24, 2.45) is 5.73 Å². The van der Waals surface area contributed by atoms with Gasteiger partial charge in [0.2, 0.25) is 0 Å². The van der Waals surface area contributed by atoms with Gasteiger partial charge in [0.05, 0.1) is 5.56 Å². The Labute approximate surface area is 113 Å². The van der Waals surface area contributed by atoms with E-state index >= 15 is 0 Å². The predicted octanol–water partition coefficient (Wildman–Crippen LogP) is 2.48. The smallest absolute Gasteiger partial charge is 0.257 e. The maximum atomic E-state index is 13.8. The standard InChI is InChI=1S/C15H21FN2O/c1-11-6-7-14(16)13(10-11)15(19)18(9-8-17)12-4-2-3-5-12/h6-7,10,12H,2-5,8-9,17H2,1H3. The zero-order chi connectivity index (χ0) is 13.8. The summed E-state index contributed by atoms with van der Waals surface area (Å²) in [7, 11) is 0. The Kier molecular flexibility index (Phi) is 4.53. The topological polar surface area (TPSA) is 46.3 Å². The van der Waals surface area contributed by atoms with E-state index in [0.717, 1.165) is 31.2 Å². The van der Waals surface area contributed by atoms with E-state index in [9.17, 15) is 9.18 Å². The summed E-state index contributed by atoms with van der Waals surface area (Å²) in [6.07, 6.45) is 4.27. The second-order valence-corrected chi connectivity index (χ2v) is 5.21. The van der Waals surface area contributed by atoms with Gasteiger partial charge in [-0.2, -0.15) is 0 Å². The van der Waals surface area contributed by atoms with Gasteiger partial charge in [-0.3, -0.25) is 4.79 Å². The van der Waals surface area contributed by atoms with Crippen LogP contribution in [-0.4, -0.2) is 29.9 Å². The van der Waals surface area contributed by atoms with E-state index < -0.39 is 5.82 Å². The summed E-state index contributed by atoms with van der Waals surface area (Å²) in [6.45, 7) is 2.77. The normalized spacial score (nSPS) is 15.7. The molecule has 0 aromatic heterocycles. The Bertz CT molecular complexity index is 455. The van der Waals surface area contributed by atoms with Gasteiger partial charge in [-0.15, -0.1) is 0 Å². The van der Waals surface area contributed by atoms with Gasteiger partial charge in [0, 0.05) is 19.1 Å². The predicted molar refractivity (Wildman–Crippen MR) is 73.5 cm³/mol. The number of halogens is 1. The van der Waals surface area contributed by atoms with Crippen molar-refractivity contribution in [1.82, 2.24) is 4.90 Å². The average molecular weight is 264 g/mol. The van der Waals surface area contributed by atoms with Crippen LogP contribution in [0.3, 0.4) is 0 Å². The van der Waals surface area contributed by atoms with E-state index in [1.54, 1.807) is 17.0 Å². The van der Waals surface area contributed by atoms with Crippen molar-refractivity contribution in [3.05, 3.63) is 35.1 Å². The Morgan fingerprint density at radius 1 is 1.42 bits per heavy atom. The molecule has 1 aromatic rings. The molecule has 0 aliphatic heterocycles. The van der Waals surface area contributed by atoms with Gasteiger partial charge < -0.3 is 10.6 Å². The van der Waals surface area contributed by atoms with Crippen LogP contribution in [-0.2, 0) is 0 Å². The number of aryl methyl sites for hydroxylation is 1. The van der Waals surface area contributed by atoms with E-state index in [-0.39, 0.29) is 17.5 Å². The number of nitrogens with two attached hydrogens (primary N) is 1. The number of benzene rings is 1. The third kappa shape index (κ3) is 3.13. The first-order chi connectivity index (χ1) is 9.13. The molecule has 1 aromatic carbocycles. The molecular formula is C15H21FN2O. The Balaban J connectivity index is 2.25. The molecular weight excluding hydrogens is 243 g/mol. The van der Waals surface area contributed by atoms with Crippen molar-refractivity contribution in [2.75, 3.05) is 13.1 Å². The molecule has 1 aliphatic rings. The molecule has 1 saturated carbocycles. The minimum absolute atomic E-state index is 0.167. The summed E-state index contributed by atoms with van der Waals surface area (Å²) in [5, 5.41) is 0. The zero-order valence-corrected chi connectivity index (χ0v) is 11.4. The van der Waals surface area contributed by atoms with Gasteiger partial charge in [-0.05, 0) is 31.9 Å². The fourth-order valence-electron chi connectivity index (χ4n) is 2.76. The van der Waals surface area contributed by atoms with Crippen molar-refractivity contribution < 1.29 is 9.18 Å². The summed E-state index contributed by atoms with van der Waals surface area (Å²) in [6, 6.07) is 4.87. The van der Waals surface area contributed by atoms with E-state index in [1.807, 2.05) is 6.92 Å². The highest BCUT2D eigenvalue weighted by molar-refractivity contribution is 5.95. The van der Waals surface area contributed by atoms with Gasteiger partial charge in [-0.1, -0.05) is 24.5 Å². The SMILES string of the molecule is Cc1ccc(F)c(C(=O)N(CCN)C2CCCC2)c1.